The van der Waals surface area contributed by atoms with Gasteiger partial charge in [0.15, 0.2) is 0 Å². The van der Waals surface area contributed by atoms with Crippen molar-refractivity contribution < 1.29 is 22.7 Å². The van der Waals surface area contributed by atoms with E-state index in [2.05, 4.69) is 10.6 Å². The summed E-state index contributed by atoms with van der Waals surface area (Å²) in [5, 5.41) is 5.77. The summed E-state index contributed by atoms with van der Waals surface area (Å²) in [5.41, 5.74) is 8.15. The van der Waals surface area contributed by atoms with Crippen LogP contribution in [-0.4, -0.2) is 13.0 Å². The number of fused-ring (bicyclic) bond motifs is 1. The molecule has 1 aliphatic rings. The van der Waals surface area contributed by atoms with Crippen LogP contribution in [0.1, 0.15) is 18.1 Å². The van der Waals surface area contributed by atoms with E-state index in [1.165, 1.54) is 19.2 Å². The molecule has 0 atom stereocenters. The van der Waals surface area contributed by atoms with Gasteiger partial charge in [-0.25, -0.2) is 0 Å². The Morgan fingerprint density at radius 2 is 1.86 bits per heavy atom. The van der Waals surface area contributed by atoms with E-state index < -0.39 is 11.7 Å². The number of allylic oxidation sites excluding steroid dienone is 2. The highest BCUT2D eigenvalue weighted by Gasteiger charge is 2.34. The van der Waals surface area contributed by atoms with Crippen LogP contribution in [0.15, 0.2) is 54.2 Å². The van der Waals surface area contributed by atoms with Crippen LogP contribution >= 0.6 is 0 Å². The largest absolute Gasteiger partial charge is 0.496 e. The lowest BCUT2D eigenvalue weighted by molar-refractivity contribution is -0.138. The fourth-order valence-corrected chi connectivity index (χ4v) is 2.84. The van der Waals surface area contributed by atoms with Crippen molar-refractivity contribution in [3.63, 3.8) is 0 Å². The van der Waals surface area contributed by atoms with Gasteiger partial charge in [-0.05, 0) is 37.3 Å². The summed E-state index contributed by atoms with van der Waals surface area (Å²) >= 11 is 0. The number of methoxy groups -OCH3 is 1. The zero-order valence-electron chi connectivity index (χ0n) is 15.1. The number of ether oxygens (including phenoxy) is 1. The molecule has 0 unspecified atom stereocenters. The normalized spacial score (nSPS) is 15.4. The SMILES string of the molecule is C/C=C(N)/C=C1\C(=O)Nc2cc(Nc3ccc(C(F)(F)F)c(OC)c3)ccc21. The molecule has 4 N–H and O–H groups in total. The first-order chi connectivity index (χ1) is 13.2. The Labute approximate surface area is 159 Å². The van der Waals surface area contributed by atoms with Gasteiger partial charge in [0.2, 0.25) is 0 Å². The third-order valence-corrected chi connectivity index (χ3v) is 4.24. The molecule has 1 aliphatic heterocycles. The summed E-state index contributed by atoms with van der Waals surface area (Å²) in [7, 11) is 1.18. The lowest BCUT2D eigenvalue weighted by atomic mass is 10.1. The van der Waals surface area contributed by atoms with Crippen LogP contribution in [0.3, 0.4) is 0 Å². The second kappa shape index (κ2) is 7.30. The Balaban J connectivity index is 1.89. The van der Waals surface area contributed by atoms with Crippen molar-refractivity contribution in [1.29, 1.82) is 0 Å². The molecule has 2 aromatic carbocycles. The number of hydrogen-bond donors (Lipinski definition) is 3. The van der Waals surface area contributed by atoms with Gasteiger partial charge in [-0.3, -0.25) is 4.79 Å². The minimum atomic E-state index is -4.50. The number of benzene rings is 2. The van der Waals surface area contributed by atoms with Crippen LogP contribution in [-0.2, 0) is 11.0 Å². The maximum atomic E-state index is 13.0. The van der Waals surface area contributed by atoms with E-state index in [-0.39, 0.29) is 11.7 Å². The van der Waals surface area contributed by atoms with E-state index in [1.54, 1.807) is 37.3 Å². The molecule has 3 rings (SSSR count). The highest BCUT2D eigenvalue weighted by Crippen LogP contribution is 2.39. The molecule has 0 radical (unpaired) electrons. The van der Waals surface area contributed by atoms with Crippen LogP contribution in [0, 0.1) is 0 Å². The lowest BCUT2D eigenvalue weighted by Crippen LogP contribution is -2.07. The van der Waals surface area contributed by atoms with Crippen LogP contribution in [0.25, 0.3) is 5.57 Å². The number of alkyl halides is 3. The fraction of sp³-hybridized carbons (Fsp3) is 0.150. The number of rotatable bonds is 4. The van der Waals surface area contributed by atoms with Gasteiger partial charge in [0.05, 0.1) is 23.9 Å². The highest BCUT2D eigenvalue weighted by molar-refractivity contribution is 6.32. The molecule has 8 heteroatoms. The molecule has 0 spiro atoms. The van der Waals surface area contributed by atoms with E-state index >= 15 is 0 Å². The van der Waals surface area contributed by atoms with Crippen molar-refractivity contribution in [2.24, 2.45) is 5.73 Å². The van der Waals surface area contributed by atoms with Gasteiger partial charge in [-0.2, -0.15) is 13.2 Å². The van der Waals surface area contributed by atoms with Crippen molar-refractivity contribution in [2.45, 2.75) is 13.1 Å². The number of carbonyl (C=O) groups is 1. The highest BCUT2D eigenvalue weighted by atomic mass is 19.4. The monoisotopic (exact) mass is 389 g/mol. The maximum Gasteiger partial charge on any atom is 0.419 e. The molecule has 146 valence electrons. The standard InChI is InChI=1S/C20H18F3N3O2/c1-3-11(24)8-15-14-6-4-12(9-17(14)26-19(15)27)25-13-5-7-16(20(21,22)23)18(10-13)28-2/h3-10,25H,24H2,1-2H3,(H,26,27)/b11-3-,15-8-. The van der Waals surface area contributed by atoms with Crippen molar-refractivity contribution in [1.82, 2.24) is 0 Å². The first-order valence-corrected chi connectivity index (χ1v) is 8.34. The van der Waals surface area contributed by atoms with E-state index in [9.17, 15) is 18.0 Å². The second-order valence-corrected chi connectivity index (χ2v) is 6.10. The van der Waals surface area contributed by atoms with E-state index in [4.69, 9.17) is 10.5 Å². The third-order valence-electron chi connectivity index (χ3n) is 4.24. The Morgan fingerprint density at radius 3 is 2.50 bits per heavy atom. The third kappa shape index (κ3) is 3.80. The molecule has 5 nitrogen and oxygen atoms in total. The summed E-state index contributed by atoms with van der Waals surface area (Å²) in [6, 6.07) is 8.71. The van der Waals surface area contributed by atoms with Crippen LogP contribution < -0.4 is 21.1 Å². The fourth-order valence-electron chi connectivity index (χ4n) is 2.84. The van der Waals surface area contributed by atoms with Gasteiger partial charge >= 0.3 is 6.18 Å². The van der Waals surface area contributed by atoms with Crippen LogP contribution in [0.5, 0.6) is 5.75 Å². The van der Waals surface area contributed by atoms with Crippen LogP contribution in [0.2, 0.25) is 0 Å². The van der Waals surface area contributed by atoms with Gasteiger partial charge in [-0.1, -0.05) is 12.1 Å². The number of carbonyl (C=O) groups excluding carboxylic acids is 1. The number of nitrogens with two attached hydrogens (primary N) is 1. The van der Waals surface area contributed by atoms with Crippen molar-refractivity contribution in [3.8, 4) is 5.75 Å². The topological polar surface area (TPSA) is 76.4 Å². The van der Waals surface area contributed by atoms with Gasteiger partial charge in [-0.15, -0.1) is 0 Å². The molecule has 0 bridgehead atoms. The van der Waals surface area contributed by atoms with Gasteiger partial charge in [0.25, 0.3) is 5.91 Å². The second-order valence-electron chi connectivity index (χ2n) is 6.10. The smallest absolute Gasteiger partial charge is 0.419 e. The van der Waals surface area contributed by atoms with E-state index in [0.717, 1.165) is 6.07 Å². The first-order valence-electron chi connectivity index (χ1n) is 8.34. The maximum absolute atomic E-state index is 13.0. The molecule has 0 saturated carbocycles. The number of hydrogen-bond acceptors (Lipinski definition) is 4. The van der Waals surface area contributed by atoms with Crippen molar-refractivity contribution in [3.05, 3.63) is 65.4 Å². The number of nitrogens with one attached hydrogen (secondary N) is 2. The minimum Gasteiger partial charge on any atom is -0.496 e. The molecule has 1 heterocycles. The molecular weight excluding hydrogens is 371 g/mol. The van der Waals surface area contributed by atoms with E-state index in [0.29, 0.717) is 33.9 Å². The average Bonchev–Trinajstić information content (AvgIpc) is 2.95. The Bertz CT molecular complexity index is 995. The molecule has 0 fully saturated rings. The average molecular weight is 389 g/mol. The lowest BCUT2D eigenvalue weighted by Gasteiger charge is -2.14. The van der Waals surface area contributed by atoms with Crippen molar-refractivity contribution in [2.75, 3.05) is 17.7 Å². The zero-order chi connectivity index (χ0) is 20.5. The molecule has 0 aromatic heterocycles. The first kappa shape index (κ1) is 19.3. The van der Waals surface area contributed by atoms with E-state index in [1.807, 2.05) is 0 Å². The Hall–Kier alpha value is -3.42. The van der Waals surface area contributed by atoms with Gasteiger partial charge in [0, 0.05) is 28.7 Å². The molecule has 28 heavy (non-hydrogen) atoms. The quantitative estimate of drug-likeness (QED) is 0.665. The summed E-state index contributed by atoms with van der Waals surface area (Å²) in [4.78, 5) is 12.2. The summed E-state index contributed by atoms with van der Waals surface area (Å²) in [6.45, 7) is 1.77. The molecular formula is C20H18F3N3O2. The zero-order valence-corrected chi connectivity index (χ0v) is 15.1. The van der Waals surface area contributed by atoms with Gasteiger partial charge in [0.1, 0.15) is 5.75 Å². The number of amides is 1. The molecule has 1 amide bonds. The number of halogens is 3. The molecule has 0 saturated heterocycles. The summed E-state index contributed by atoms with van der Waals surface area (Å²) < 4.78 is 43.8. The summed E-state index contributed by atoms with van der Waals surface area (Å²) in [5.74, 6) is -0.549. The predicted octanol–water partition coefficient (Wildman–Crippen LogP) is 4.66. The summed E-state index contributed by atoms with van der Waals surface area (Å²) in [6.07, 6.45) is -1.22. The predicted molar refractivity (Wildman–Crippen MR) is 102 cm³/mol. The minimum absolute atomic E-state index is 0.270. The Morgan fingerprint density at radius 1 is 1.18 bits per heavy atom. The van der Waals surface area contributed by atoms with Crippen LogP contribution in [0.4, 0.5) is 30.2 Å². The Kier molecular flexibility index (Phi) is 5.04. The van der Waals surface area contributed by atoms with Gasteiger partial charge < -0.3 is 21.1 Å². The van der Waals surface area contributed by atoms with Crippen molar-refractivity contribution >= 4 is 28.5 Å². The molecule has 0 aliphatic carbocycles. The number of anilines is 3. The molecule has 2 aromatic rings.